The summed E-state index contributed by atoms with van der Waals surface area (Å²) in [6.07, 6.45) is 0. The highest BCUT2D eigenvalue weighted by atomic mass is 32.1. The summed E-state index contributed by atoms with van der Waals surface area (Å²) >= 11 is 0.894. The molecule has 10 heteroatoms. The molecular weight excluding hydrogens is 452 g/mol. The summed E-state index contributed by atoms with van der Waals surface area (Å²) in [6, 6.07) is 6.47. The maximum absolute atomic E-state index is 14.8. The number of halogens is 2. The van der Waals surface area contributed by atoms with Crippen LogP contribution in [-0.4, -0.2) is 26.2 Å². The normalized spacial score (nSPS) is 12.2. The van der Waals surface area contributed by atoms with Gasteiger partial charge in [0.05, 0.1) is 34.6 Å². The first kappa shape index (κ1) is 24.7. The molecule has 0 bridgehead atoms. The van der Waals surface area contributed by atoms with Gasteiger partial charge in [0.25, 0.3) is 5.91 Å². The summed E-state index contributed by atoms with van der Waals surface area (Å²) in [4.78, 5) is 16.4. The van der Waals surface area contributed by atoms with E-state index in [9.17, 15) is 28.9 Å². The number of amides is 1. The molecule has 0 aliphatic carbocycles. The second-order valence-electron chi connectivity index (χ2n) is 8.62. The monoisotopic (exact) mass is 477 g/mol. The molecule has 33 heavy (non-hydrogen) atoms. The van der Waals surface area contributed by atoms with Crippen molar-refractivity contribution < 1.29 is 28.9 Å². The van der Waals surface area contributed by atoms with Crippen molar-refractivity contribution in [2.24, 2.45) is 5.73 Å². The van der Waals surface area contributed by atoms with Crippen molar-refractivity contribution in [1.29, 1.82) is 0 Å². The van der Waals surface area contributed by atoms with Gasteiger partial charge in [-0.2, -0.15) is 0 Å². The Bertz CT molecular complexity index is 1190. The smallest absolute Gasteiger partial charge is 0.251 e. The molecule has 2 heterocycles. The number of aliphatic hydroxyl groups is 3. The van der Waals surface area contributed by atoms with E-state index in [-0.39, 0.29) is 38.1 Å². The first-order valence-corrected chi connectivity index (χ1v) is 10.8. The predicted octanol–water partition coefficient (Wildman–Crippen LogP) is 3.88. The number of carbonyl (C=O) groups is 1. The molecule has 3 aromatic rings. The molecule has 6 N–H and O–H groups in total. The summed E-state index contributed by atoms with van der Waals surface area (Å²) in [6.45, 7) is 5.50. The Kier molecular flexibility index (Phi) is 6.58. The number of nitrogens with one attached hydrogen (secondary N) is 1. The Hall–Kier alpha value is -2.92. The number of benzene rings is 1. The van der Waals surface area contributed by atoms with Gasteiger partial charge in [-0.3, -0.25) is 4.79 Å². The fraction of sp³-hybridized carbons (Fsp3) is 0.304. The van der Waals surface area contributed by atoms with Gasteiger partial charge in [0.1, 0.15) is 22.5 Å². The van der Waals surface area contributed by atoms with Crippen LogP contribution in [0.3, 0.4) is 0 Å². The molecule has 0 aliphatic rings. The van der Waals surface area contributed by atoms with Crippen molar-refractivity contribution in [2.45, 2.75) is 45.5 Å². The van der Waals surface area contributed by atoms with E-state index < -0.39 is 35.4 Å². The fourth-order valence-electron chi connectivity index (χ4n) is 3.32. The van der Waals surface area contributed by atoms with Crippen LogP contribution in [0.5, 0.6) is 0 Å². The van der Waals surface area contributed by atoms with E-state index in [1.165, 1.54) is 26.0 Å². The van der Waals surface area contributed by atoms with Crippen molar-refractivity contribution in [1.82, 2.24) is 4.98 Å². The lowest BCUT2D eigenvalue weighted by molar-refractivity contribution is 0.0752. The summed E-state index contributed by atoms with van der Waals surface area (Å²) in [5, 5.41) is 33.0. The standard InChI is InChI=1S/C23H25F2N3O4S/c1-22(2,31)11-7-14(24)19(15(25)8-11)17-9-12(20(26)30)21(33-17)28-18-6-5-13(23(3,4)32)16(10-29)27-18/h5-9,29,31-32H,10H2,1-4H3,(H2,26,30)(H,27,28). The Labute approximate surface area is 193 Å². The zero-order chi connectivity index (χ0) is 24.7. The van der Waals surface area contributed by atoms with E-state index in [0.29, 0.717) is 5.56 Å². The zero-order valence-electron chi connectivity index (χ0n) is 18.5. The molecular formula is C23H25F2N3O4S. The molecule has 0 unspecified atom stereocenters. The van der Waals surface area contributed by atoms with Gasteiger partial charge in [-0.1, -0.05) is 6.07 Å². The Morgan fingerprint density at radius 1 is 1.09 bits per heavy atom. The highest BCUT2D eigenvalue weighted by Gasteiger charge is 2.25. The van der Waals surface area contributed by atoms with Crippen molar-refractivity contribution in [3.05, 3.63) is 64.4 Å². The number of pyridine rings is 1. The molecule has 2 aromatic heterocycles. The van der Waals surface area contributed by atoms with Crippen LogP contribution >= 0.6 is 11.3 Å². The number of nitrogens with zero attached hydrogens (tertiary/aromatic N) is 1. The number of carbonyl (C=O) groups excluding carboxylic acids is 1. The highest BCUT2D eigenvalue weighted by Crippen LogP contribution is 2.40. The van der Waals surface area contributed by atoms with Crippen LogP contribution < -0.4 is 11.1 Å². The topological polar surface area (TPSA) is 129 Å². The third-order valence-electron chi connectivity index (χ3n) is 5.02. The van der Waals surface area contributed by atoms with E-state index in [4.69, 9.17) is 5.73 Å². The van der Waals surface area contributed by atoms with Crippen molar-refractivity contribution >= 4 is 28.1 Å². The largest absolute Gasteiger partial charge is 0.390 e. The van der Waals surface area contributed by atoms with Crippen LogP contribution in [0.2, 0.25) is 0 Å². The van der Waals surface area contributed by atoms with Crippen LogP contribution in [-0.2, 0) is 17.8 Å². The first-order valence-electron chi connectivity index (χ1n) is 9.99. The van der Waals surface area contributed by atoms with Crippen LogP contribution in [0.1, 0.15) is 54.9 Å². The number of hydrogen-bond acceptors (Lipinski definition) is 7. The molecule has 0 spiro atoms. The second-order valence-corrected chi connectivity index (χ2v) is 9.68. The molecule has 0 fully saturated rings. The molecule has 0 aliphatic heterocycles. The molecule has 0 atom stereocenters. The van der Waals surface area contributed by atoms with Crippen molar-refractivity contribution in [2.75, 3.05) is 5.32 Å². The van der Waals surface area contributed by atoms with E-state index in [0.717, 1.165) is 23.5 Å². The van der Waals surface area contributed by atoms with Gasteiger partial charge in [0, 0.05) is 10.4 Å². The van der Waals surface area contributed by atoms with E-state index >= 15 is 0 Å². The van der Waals surface area contributed by atoms with Gasteiger partial charge >= 0.3 is 0 Å². The zero-order valence-corrected chi connectivity index (χ0v) is 19.3. The SMILES string of the molecule is CC(C)(O)c1cc(F)c(-c2cc(C(N)=O)c(Nc3ccc(C(C)(C)O)c(CO)n3)s2)c(F)c1. The minimum absolute atomic E-state index is 0.000669. The van der Waals surface area contributed by atoms with Gasteiger partial charge in [-0.05, 0) is 57.5 Å². The minimum Gasteiger partial charge on any atom is -0.390 e. The number of hydrogen-bond donors (Lipinski definition) is 5. The molecule has 0 saturated heterocycles. The third kappa shape index (κ3) is 5.19. The summed E-state index contributed by atoms with van der Waals surface area (Å²) in [5.41, 5.74) is 3.16. The summed E-state index contributed by atoms with van der Waals surface area (Å²) in [5.74, 6) is -2.37. The number of anilines is 2. The maximum atomic E-state index is 14.8. The molecule has 1 amide bonds. The molecule has 176 valence electrons. The second kappa shape index (κ2) is 8.79. The van der Waals surface area contributed by atoms with Gasteiger partial charge in [0.15, 0.2) is 0 Å². The van der Waals surface area contributed by atoms with Crippen molar-refractivity contribution in [3.63, 3.8) is 0 Å². The molecule has 0 saturated carbocycles. The van der Waals surface area contributed by atoms with Crippen LogP contribution in [0.15, 0.2) is 30.3 Å². The van der Waals surface area contributed by atoms with E-state index in [2.05, 4.69) is 10.3 Å². The number of rotatable bonds is 7. The lowest BCUT2D eigenvalue weighted by atomic mass is 9.96. The van der Waals surface area contributed by atoms with Crippen LogP contribution in [0.4, 0.5) is 19.6 Å². The molecule has 3 rings (SSSR count). The Balaban J connectivity index is 2.06. The third-order valence-corrected chi connectivity index (χ3v) is 6.09. The molecule has 1 aromatic carbocycles. The van der Waals surface area contributed by atoms with Crippen LogP contribution in [0.25, 0.3) is 10.4 Å². The van der Waals surface area contributed by atoms with Gasteiger partial charge in [0.2, 0.25) is 0 Å². The summed E-state index contributed by atoms with van der Waals surface area (Å²) in [7, 11) is 0. The number of nitrogens with two attached hydrogens (primary N) is 1. The highest BCUT2D eigenvalue weighted by molar-refractivity contribution is 7.20. The quantitative estimate of drug-likeness (QED) is 0.351. The van der Waals surface area contributed by atoms with Crippen molar-refractivity contribution in [3.8, 4) is 10.4 Å². The molecule has 7 nitrogen and oxygen atoms in total. The Morgan fingerprint density at radius 3 is 2.18 bits per heavy atom. The lowest BCUT2D eigenvalue weighted by Crippen LogP contribution is -2.19. The predicted molar refractivity (Wildman–Crippen MR) is 122 cm³/mol. The average molecular weight is 478 g/mol. The van der Waals surface area contributed by atoms with Gasteiger partial charge in [-0.25, -0.2) is 13.8 Å². The van der Waals surface area contributed by atoms with Gasteiger partial charge in [-0.15, -0.1) is 11.3 Å². The average Bonchev–Trinajstić information content (AvgIpc) is 3.09. The lowest BCUT2D eigenvalue weighted by Gasteiger charge is -2.21. The van der Waals surface area contributed by atoms with Gasteiger partial charge < -0.3 is 26.4 Å². The minimum atomic E-state index is -1.44. The van der Waals surface area contributed by atoms with E-state index in [1.54, 1.807) is 19.9 Å². The first-order chi connectivity index (χ1) is 15.2. The maximum Gasteiger partial charge on any atom is 0.251 e. The number of primary amides is 1. The van der Waals surface area contributed by atoms with Crippen LogP contribution in [0, 0.1) is 11.6 Å². The summed E-state index contributed by atoms with van der Waals surface area (Å²) < 4.78 is 29.6. The number of aliphatic hydroxyl groups excluding tert-OH is 1. The number of thiophene rings is 1. The molecule has 0 radical (unpaired) electrons. The Morgan fingerprint density at radius 2 is 1.70 bits per heavy atom. The number of aromatic nitrogens is 1. The van der Waals surface area contributed by atoms with E-state index in [1.807, 2.05) is 0 Å². The fourth-order valence-corrected chi connectivity index (χ4v) is 4.44.